The molecule has 0 aromatic carbocycles. The van der Waals surface area contributed by atoms with E-state index in [-0.39, 0.29) is 22.1 Å². The Balaban J connectivity index is 3.05. The van der Waals surface area contributed by atoms with Crippen molar-refractivity contribution in [2.24, 2.45) is 0 Å². The van der Waals surface area contributed by atoms with Gasteiger partial charge in [-0.25, -0.2) is 9.59 Å². The maximum absolute atomic E-state index is 11.4. The van der Waals surface area contributed by atoms with Gasteiger partial charge in [0, 0.05) is 6.07 Å². The molecule has 0 atom stereocenters. The fourth-order valence-corrected chi connectivity index (χ4v) is 1.83. The van der Waals surface area contributed by atoms with E-state index in [4.69, 9.17) is 14.6 Å². The molecule has 1 N–H and O–H groups in total. The molecule has 0 fully saturated rings. The lowest BCUT2D eigenvalue weighted by Crippen LogP contribution is -2.03. The molecule has 0 saturated carbocycles. The molecular formula is C9H10O5S. The van der Waals surface area contributed by atoms with Gasteiger partial charge in [0.05, 0.1) is 13.7 Å². The lowest BCUT2D eigenvalue weighted by atomic mass is 10.4. The lowest BCUT2D eigenvalue weighted by Gasteiger charge is -2.00. The summed E-state index contributed by atoms with van der Waals surface area (Å²) < 4.78 is 9.65. The van der Waals surface area contributed by atoms with E-state index < -0.39 is 11.9 Å². The first-order chi connectivity index (χ1) is 7.10. The Morgan fingerprint density at radius 1 is 1.53 bits per heavy atom. The Morgan fingerprint density at radius 2 is 2.20 bits per heavy atom. The summed E-state index contributed by atoms with van der Waals surface area (Å²) in [5, 5.41) is 8.73. The van der Waals surface area contributed by atoms with Gasteiger partial charge in [-0.2, -0.15) is 0 Å². The molecule has 0 aliphatic carbocycles. The van der Waals surface area contributed by atoms with Gasteiger partial charge < -0.3 is 14.6 Å². The summed E-state index contributed by atoms with van der Waals surface area (Å²) in [5.74, 6) is -1.42. The number of carboxylic acid groups (broad SMARTS) is 1. The van der Waals surface area contributed by atoms with Crippen LogP contribution in [0.3, 0.4) is 0 Å². The third-order valence-electron chi connectivity index (χ3n) is 1.59. The van der Waals surface area contributed by atoms with Crippen LogP contribution in [0.25, 0.3) is 0 Å². The van der Waals surface area contributed by atoms with Crippen LogP contribution in [0.5, 0.6) is 5.75 Å². The molecule has 0 aliphatic rings. The monoisotopic (exact) mass is 230 g/mol. The molecular weight excluding hydrogens is 220 g/mol. The Hall–Kier alpha value is -1.56. The fraction of sp³-hybridized carbons (Fsp3) is 0.333. The van der Waals surface area contributed by atoms with Crippen LogP contribution in [0.4, 0.5) is 0 Å². The molecule has 15 heavy (non-hydrogen) atoms. The summed E-state index contributed by atoms with van der Waals surface area (Å²) in [6.07, 6.45) is 0. The second kappa shape index (κ2) is 4.79. The predicted molar refractivity (Wildman–Crippen MR) is 53.8 cm³/mol. The average molecular weight is 230 g/mol. The number of ether oxygens (including phenoxy) is 2. The standard InChI is InChI=1S/C9H10O5S/c1-3-14-9(12)7-5(13-2)4-6(15-7)8(10)11/h4H,3H2,1-2H3,(H,10,11). The van der Waals surface area contributed by atoms with E-state index in [1.54, 1.807) is 6.92 Å². The number of aromatic carboxylic acids is 1. The number of carboxylic acids is 1. The predicted octanol–water partition coefficient (Wildman–Crippen LogP) is 1.63. The van der Waals surface area contributed by atoms with Crippen molar-refractivity contribution < 1.29 is 24.2 Å². The number of thiophene rings is 1. The summed E-state index contributed by atoms with van der Waals surface area (Å²) in [4.78, 5) is 22.3. The van der Waals surface area contributed by atoms with E-state index in [2.05, 4.69) is 0 Å². The minimum atomic E-state index is -1.09. The minimum Gasteiger partial charge on any atom is -0.495 e. The number of hydrogen-bond donors (Lipinski definition) is 1. The zero-order valence-electron chi connectivity index (χ0n) is 8.27. The zero-order chi connectivity index (χ0) is 11.4. The number of methoxy groups -OCH3 is 1. The van der Waals surface area contributed by atoms with Gasteiger partial charge in [0.25, 0.3) is 0 Å². The summed E-state index contributed by atoms with van der Waals surface area (Å²) in [6.45, 7) is 1.92. The van der Waals surface area contributed by atoms with Crippen molar-refractivity contribution in [1.82, 2.24) is 0 Å². The largest absolute Gasteiger partial charge is 0.495 e. The number of carbonyl (C=O) groups excluding carboxylic acids is 1. The smallest absolute Gasteiger partial charge is 0.352 e. The SMILES string of the molecule is CCOC(=O)c1sc(C(=O)O)cc1OC. The van der Waals surface area contributed by atoms with Crippen molar-refractivity contribution in [3.63, 3.8) is 0 Å². The molecule has 0 bridgehead atoms. The molecule has 5 nitrogen and oxygen atoms in total. The van der Waals surface area contributed by atoms with Crippen molar-refractivity contribution in [2.45, 2.75) is 6.92 Å². The second-order valence-corrected chi connectivity index (χ2v) is 3.59. The molecule has 1 aromatic rings. The van der Waals surface area contributed by atoms with Crippen molar-refractivity contribution in [3.05, 3.63) is 15.8 Å². The lowest BCUT2D eigenvalue weighted by molar-refractivity contribution is 0.0528. The van der Waals surface area contributed by atoms with Crippen LogP contribution in [0, 0.1) is 0 Å². The summed E-state index contributed by atoms with van der Waals surface area (Å²) in [5.41, 5.74) is 0. The quantitative estimate of drug-likeness (QED) is 0.796. The van der Waals surface area contributed by atoms with E-state index in [0.29, 0.717) is 0 Å². The van der Waals surface area contributed by atoms with Gasteiger partial charge in [-0.1, -0.05) is 0 Å². The van der Waals surface area contributed by atoms with Crippen LogP contribution in [-0.4, -0.2) is 30.8 Å². The fourth-order valence-electron chi connectivity index (χ4n) is 0.970. The maximum atomic E-state index is 11.4. The van der Waals surface area contributed by atoms with Crippen molar-refractivity contribution in [1.29, 1.82) is 0 Å². The highest BCUT2D eigenvalue weighted by atomic mass is 32.1. The Bertz CT molecular complexity index is 382. The first kappa shape index (κ1) is 11.5. The zero-order valence-corrected chi connectivity index (χ0v) is 9.09. The molecule has 0 spiro atoms. The van der Waals surface area contributed by atoms with Crippen molar-refractivity contribution >= 4 is 23.3 Å². The molecule has 0 amide bonds. The topological polar surface area (TPSA) is 72.8 Å². The molecule has 82 valence electrons. The van der Waals surface area contributed by atoms with Gasteiger partial charge in [0.15, 0.2) is 4.88 Å². The highest BCUT2D eigenvalue weighted by Crippen LogP contribution is 2.29. The van der Waals surface area contributed by atoms with Gasteiger partial charge in [0.1, 0.15) is 10.6 Å². The maximum Gasteiger partial charge on any atom is 0.352 e. The number of esters is 1. The number of carbonyl (C=O) groups is 2. The number of hydrogen-bond acceptors (Lipinski definition) is 5. The van der Waals surface area contributed by atoms with Crippen LogP contribution in [0.15, 0.2) is 6.07 Å². The Kier molecular flexibility index (Phi) is 3.68. The van der Waals surface area contributed by atoms with Crippen LogP contribution in [-0.2, 0) is 4.74 Å². The van der Waals surface area contributed by atoms with Crippen LogP contribution in [0.1, 0.15) is 26.3 Å². The van der Waals surface area contributed by atoms with E-state index in [1.165, 1.54) is 13.2 Å². The van der Waals surface area contributed by atoms with Crippen molar-refractivity contribution in [3.8, 4) is 5.75 Å². The minimum absolute atomic E-state index is 0.0508. The molecule has 0 saturated heterocycles. The Labute approximate surface area is 90.2 Å². The van der Waals surface area contributed by atoms with E-state index >= 15 is 0 Å². The first-order valence-electron chi connectivity index (χ1n) is 4.18. The average Bonchev–Trinajstić information content (AvgIpc) is 2.61. The molecule has 1 aromatic heterocycles. The summed E-state index contributed by atoms with van der Waals surface area (Å²) in [6, 6.07) is 1.30. The summed E-state index contributed by atoms with van der Waals surface area (Å²) in [7, 11) is 1.37. The molecule has 6 heteroatoms. The third-order valence-corrected chi connectivity index (χ3v) is 2.67. The second-order valence-electron chi connectivity index (χ2n) is 2.53. The van der Waals surface area contributed by atoms with Gasteiger partial charge in [0.2, 0.25) is 0 Å². The first-order valence-corrected chi connectivity index (χ1v) is 5.00. The Morgan fingerprint density at radius 3 is 2.67 bits per heavy atom. The molecule has 0 unspecified atom stereocenters. The third kappa shape index (κ3) is 2.47. The van der Waals surface area contributed by atoms with Gasteiger partial charge >= 0.3 is 11.9 Å². The number of rotatable bonds is 4. The normalized spacial score (nSPS) is 9.73. The molecule has 0 aliphatic heterocycles. The van der Waals surface area contributed by atoms with E-state index in [9.17, 15) is 9.59 Å². The van der Waals surface area contributed by atoms with Gasteiger partial charge in [-0.15, -0.1) is 11.3 Å². The molecule has 0 radical (unpaired) electrons. The van der Waals surface area contributed by atoms with Gasteiger partial charge in [-0.3, -0.25) is 0 Å². The summed E-state index contributed by atoms with van der Waals surface area (Å²) >= 11 is 0.841. The highest BCUT2D eigenvalue weighted by molar-refractivity contribution is 7.16. The van der Waals surface area contributed by atoms with E-state index in [1.807, 2.05) is 0 Å². The van der Waals surface area contributed by atoms with Gasteiger partial charge in [-0.05, 0) is 6.92 Å². The van der Waals surface area contributed by atoms with E-state index in [0.717, 1.165) is 11.3 Å². The van der Waals surface area contributed by atoms with Crippen LogP contribution >= 0.6 is 11.3 Å². The highest BCUT2D eigenvalue weighted by Gasteiger charge is 2.20. The van der Waals surface area contributed by atoms with Crippen LogP contribution < -0.4 is 4.74 Å². The van der Waals surface area contributed by atoms with Crippen LogP contribution in [0.2, 0.25) is 0 Å². The molecule has 1 rings (SSSR count). The molecule has 1 heterocycles. The van der Waals surface area contributed by atoms with Crippen molar-refractivity contribution in [2.75, 3.05) is 13.7 Å².